The van der Waals surface area contributed by atoms with E-state index >= 15 is 0 Å². The lowest BCUT2D eigenvalue weighted by Crippen LogP contribution is -2.61. The van der Waals surface area contributed by atoms with Crippen LogP contribution in [0.4, 0.5) is 11.6 Å². The molecule has 4 aliphatic rings. The monoisotopic (exact) mass is 500 g/mol. The van der Waals surface area contributed by atoms with Crippen molar-refractivity contribution >= 4 is 23.4 Å². The van der Waals surface area contributed by atoms with Crippen molar-refractivity contribution in [3.63, 3.8) is 0 Å². The molecular formula is C24H32N6O4S. The number of anilines is 2. The third kappa shape index (κ3) is 3.93. The Morgan fingerprint density at radius 1 is 1.23 bits per heavy atom. The van der Waals surface area contributed by atoms with Crippen molar-refractivity contribution < 1.29 is 19.3 Å². The van der Waals surface area contributed by atoms with Crippen molar-refractivity contribution in [3.8, 4) is 5.75 Å². The van der Waals surface area contributed by atoms with Gasteiger partial charge in [-0.2, -0.15) is 0 Å². The van der Waals surface area contributed by atoms with Gasteiger partial charge in [0, 0.05) is 30.7 Å². The molecule has 4 aliphatic heterocycles. The summed E-state index contributed by atoms with van der Waals surface area (Å²) in [6, 6.07) is 1.98. The van der Waals surface area contributed by atoms with E-state index in [4.69, 9.17) is 29.9 Å². The van der Waals surface area contributed by atoms with E-state index in [0.717, 1.165) is 65.5 Å². The van der Waals surface area contributed by atoms with Gasteiger partial charge >= 0.3 is 0 Å². The van der Waals surface area contributed by atoms with Gasteiger partial charge in [0.1, 0.15) is 22.9 Å². The highest BCUT2D eigenvalue weighted by Gasteiger charge is 2.48. The maximum Gasteiger partial charge on any atom is 0.175 e. The number of aryl methyl sites for hydroxylation is 1. The van der Waals surface area contributed by atoms with Gasteiger partial charge in [-0.25, -0.2) is 15.0 Å². The first-order valence-electron chi connectivity index (χ1n) is 12.2. The van der Waals surface area contributed by atoms with Gasteiger partial charge in [0.25, 0.3) is 0 Å². The van der Waals surface area contributed by atoms with Crippen LogP contribution in [0.2, 0.25) is 0 Å². The van der Waals surface area contributed by atoms with Gasteiger partial charge in [-0.05, 0) is 32.8 Å². The molecular weight excluding hydrogens is 468 g/mol. The molecule has 6 rings (SSSR count). The summed E-state index contributed by atoms with van der Waals surface area (Å²) in [4.78, 5) is 17.3. The molecule has 0 unspecified atom stereocenters. The number of nitrogens with two attached hydrogens (primary N) is 1. The molecule has 4 N–H and O–H groups in total. The van der Waals surface area contributed by atoms with E-state index in [2.05, 4.69) is 22.1 Å². The van der Waals surface area contributed by atoms with Crippen molar-refractivity contribution in [2.24, 2.45) is 11.1 Å². The van der Waals surface area contributed by atoms with Crippen LogP contribution in [-0.4, -0.2) is 77.3 Å². The van der Waals surface area contributed by atoms with E-state index in [0.29, 0.717) is 25.5 Å². The second-order valence-corrected chi connectivity index (χ2v) is 11.2. The highest BCUT2D eigenvalue weighted by Crippen LogP contribution is 2.45. The van der Waals surface area contributed by atoms with Gasteiger partial charge in [0.15, 0.2) is 17.4 Å². The fourth-order valence-corrected chi connectivity index (χ4v) is 6.40. The topological polar surface area (TPSA) is 128 Å². The van der Waals surface area contributed by atoms with Crippen LogP contribution in [0, 0.1) is 12.3 Å². The number of ether oxygens (including phenoxy) is 3. The highest BCUT2D eigenvalue weighted by molar-refractivity contribution is 7.99. The van der Waals surface area contributed by atoms with Gasteiger partial charge in [0.2, 0.25) is 0 Å². The number of nitrogens with one attached hydrogen (secondary N) is 1. The molecule has 2 spiro atoms. The summed E-state index contributed by atoms with van der Waals surface area (Å²) in [6.45, 7) is 7.97. The average Bonchev–Trinajstić information content (AvgIpc) is 3.13. The standard InChI is InChI=1S/C24H32N6O4S/c1-14-22(35-17-3-6-26-20-18(17)34-13-24(29-20)11-32-12-24)28-16(9-31)21(27-14)30-7-4-23(5-8-30)10-33-15(2)19(23)25/h3,6,15,19,31H,4-5,7-13,25H2,1-2H3,(H,26,29)/t15-,19+/m0/s1. The zero-order valence-corrected chi connectivity index (χ0v) is 20.9. The Kier molecular flexibility index (Phi) is 5.80. The maximum absolute atomic E-state index is 10.2. The van der Waals surface area contributed by atoms with Gasteiger partial charge in [0.05, 0.1) is 43.1 Å². The van der Waals surface area contributed by atoms with Gasteiger partial charge in [-0.1, -0.05) is 11.8 Å². The summed E-state index contributed by atoms with van der Waals surface area (Å²) >= 11 is 1.48. The number of aliphatic hydroxyl groups excluding tert-OH is 1. The fourth-order valence-electron chi connectivity index (χ4n) is 5.46. The lowest BCUT2D eigenvalue weighted by molar-refractivity contribution is -0.0652. The molecule has 3 saturated heterocycles. The van der Waals surface area contributed by atoms with Crippen LogP contribution in [0.3, 0.4) is 0 Å². The van der Waals surface area contributed by atoms with Crippen LogP contribution in [0.15, 0.2) is 22.2 Å². The molecule has 2 aromatic heterocycles. The molecule has 6 heterocycles. The number of piperidine rings is 1. The minimum atomic E-state index is -0.176. The predicted molar refractivity (Wildman–Crippen MR) is 131 cm³/mol. The molecule has 0 bridgehead atoms. The summed E-state index contributed by atoms with van der Waals surface area (Å²) in [7, 11) is 0. The molecule has 10 nitrogen and oxygen atoms in total. The second-order valence-electron chi connectivity index (χ2n) is 10.2. The van der Waals surface area contributed by atoms with Crippen LogP contribution < -0.4 is 20.7 Å². The van der Waals surface area contributed by atoms with Crippen LogP contribution in [0.5, 0.6) is 5.75 Å². The number of nitrogens with zero attached hydrogens (tertiary/aromatic N) is 4. The number of aromatic nitrogens is 3. The highest BCUT2D eigenvalue weighted by atomic mass is 32.2. The SMILES string of the molecule is Cc1nc(N2CCC3(CC2)CO[C@@H](C)[C@H]3N)c(CO)nc1Sc1ccnc2c1OCC1(COC1)N2. The Bertz CT molecular complexity index is 1120. The van der Waals surface area contributed by atoms with Crippen LogP contribution >= 0.6 is 11.8 Å². The molecule has 188 valence electrons. The Morgan fingerprint density at radius 3 is 2.69 bits per heavy atom. The minimum Gasteiger partial charge on any atom is -0.486 e. The van der Waals surface area contributed by atoms with E-state index in [9.17, 15) is 5.11 Å². The molecule has 35 heavy (non-hydrogen) atoms. The summed E-state index contributed by atoms with van der Waals surface area (Å²) in [5, 5.41) is 14.4. The Balaban J connectivity index is 1.22. The molecule has 11 heteroatoms. The molecule has 0 radical (unpaired) electrons. The summed E-state index contributed by atoms with van der Waals surface area (Å²) in [5.74, 6) is 2.20. The van der Waals surface area contributed by atoms with Crippen LogP contribution in [-0.2, 0) is 16.1 Å². The lowest BCUT2D eigenvalue weighted by Gasteiger charge is -2.45. The number of hydrogen-bond acceptors (Lipinski definition) is 11. The summed E-state index contributed by atoms with van der Waals surface area (Å²) < 4.78 is 17.3. The van der Waals surface area contributed by atoms with E-state index < -0.39 is 0 Å². The normalized spacial score (nSPS) is 26.2. The zero-order chi connectivity index (χ0) is 24.2. The summed E-state index contributed by atoms with van der Waals surface area (Å²) in [5.41, 5.74) is 7.74. The van der Waals surface area contributed by atoms with Crippen LogP contribution in [0.25, 0.3) is 0 Å². The second kappa shape index (κ2) is 8.74. The largest absolute Gasteiger partial charge is 0.486 e. The van der Waals surface area contributed by atoms with Gasteiger partial charge in [-0.15, -0.1) is 0 Å². The van der Waals surface area contributed by atoms with E-state index in [1.54, 1.807) is 6.20 Å². The molecule has 3 fully saturated rings. The molecule has 0 aliphatic carbocycles. The number of rotatable bonds is 4. The number of hydrogen-bond donors (Lipinski definition) is 3. The maximum atomic E-state index is 10.2. The first-order valence-corrected chi connectivity index (χ1v) is 13.0. The number of fused-ring (bicyclic) bond motifs is 1. The Hall–Kier alpha value is -2.18. The zero-order valence-electron chi connectivity index (χ0n) is 20.1. The minimum absolute atomic E-state index is 0.0339. The molecule has 0 amide bonds. The van der Waals surface area contributed by atoms with Crippen molar-refractivity contribution in [1.29, 1.82) is 0 Å². The average molecular weight is 501 g/mol. The lowest BCUT2D eigenvalue weighted by atomic mass is 9.73. The molecule has 2 atom stereocenters. The number of pyridine rings is 1. The smallest absolute Gasteiger partial charge is 0.175 e. The third-order valence-corrected chi connectivity index (χ3v) is 8.96. The first-order chi connectivity index (χ1) is 16.9. The predicted octanol–water partition coefficient (Wildman–Crippen LogP) is 1.73. The van der Waals surface area contributed by atoms with Crippen molar-refractivity contribution in [1.82, 2.24) is 15.0 Å². The van der Waals surface area contributed by atoms with Gasteiger partial charge in [-0.3, -0.25) is 0 Å². The van der Waals surface area contributed by atoms with Crippen molar-refractivity contribution in [2.45, 2.75) is 60.9 Å². The fraction of sp³-hybridized carbons (Fsp3) is 0.625. The van der Waals surface area contributed by atoms with Gasteiger partial charge < -0.3 is 35.3 Å². The quantitative estimate of drug-likeness (QED) is 0.568. The number of aliphatic hydroxyl groups is 1. The van der Waals surface area contributed by atoms with E-state index in [1.165, 1.54) is 11.8 Å². The van der Waals surface area contributed by atoms with Crippen molar-refractivity contribution in [2.75, 3.05) is 49.7 Å². The first kappa shape index (κ1) is 23.2. The molecule has 0 saturated carbocycles. The Morgan fingerprint density at radius 2 is 2.03 bits per heavy atom. The summed E-state index contributed by atoms with van der Waals surface area (Å²) in [6.07, 6.45) is 3.75. The van der Waals surface area contributed by atoms with Crippen LogP contribution in [0.1, 0.15) is 31.2 Å². The molecule has 2 aromatic rings. The molecule has 0 aromatic carbocycles. The van der Waals surface area contributed by atoms with Crippen molar-refractivity contribution in [3.05, 3.63) is 23.7 Å². The van der Waals surface area contributed by atoms with E-state index in [-0.39, 0.29) is 29.7 Å². The van der Waals surface area contributed by atoms with E-state index in [1.807, 2.05) is 13.0 Å². The Labute approximate surface area is 209 Å². The third-order valence-electron chi connectivity index (χ3n) is 7.84.